The summed E-state index contributed by atoms with van der Waals surface area (Å²) < 4.78 is 0.992. The maximum atomic E-state index is 10.8. The molecular weight excluding hydrogens is 348 g/mol. The van der Waals surface area contributed by atoms with Crippen LogP contribution in [0.5, 0.6) is 0 Å². The lowest BCUT2D eigenvalue weighted by Crippen LogP contribution is -2.02. The topological polar surface area (TPSA) is 20.2 Å². The summed E-state index contributed by atoms with van der Waals surface area (Å²) in [7, 11) is 0. The first-order valence-corrected chi connectivity index (χ1v) is 9.53. The SMILES string of the molecule is OC(c1ccc(CC2CC2)cc1)c1cc(CC2CC2)ccc1Br. The lowest BCUT2D eigenvalue weighted by Gasteiger charge is -2.15. The summed E-state index contributed by atoms with van der Waals surface area (Å²) in [5.74, 6) is 1.77. The van der Waals surface area contributed by atoms with E-state index in [0.29, 0.717) is 0 Å². The number of benzene rings is 2. The van der Waals surface area contributed by atoms with Crippen molar-refractivity contribution in [3.63, 3.8) is 0 Å². The van der Waals surface area contributed by atoms with Crippen LogP contribution in [-0.2, 0) is 12.8 Å². The van der Waals surface area contributed by atoms with Crippen LogP contribution in [0.1, 0.15) is 54.0 Å². The van der Waals surface area contributed by atoms with Gasteiger partial charge in [-0.25, -0.2) is 0 Å². The Kier molecular flexibility index (Phi) is 4.29. The Balaban J connectivity index is 1.53. The minimum absolute atomic E-state index is 0.557. The molecule has 0 bridgehead atoms. The average molecular weight is 371 g/mol. The molecule has 2 fully saturated rings. The number of aliphatic hydroxyl groups is 1. The minimum atomic E-state index is -0.557. The molecule has 1 N–H and O–H groups in total. The maximum Gasteiger partial charge on any atom is 0.105 e. The summed E-state index contributed by atoms with van der Waals surface area (Å²) in [5, 5.41) is 10.8. The third-order valence-electron chi connectivity index (χ3n) is 5.09. The second-order valence-electron chi connectivity index (χ2n) is 7.29. The van der Waals surface area contributed by atoms with E-state index >= 15 is 0 Å². The molecule has 0 aromatic heterocycles. The van der Waals surface area contributed by atoms with Crippen LogP contribution in [0.4, 0.5) is 0 Å². The minimum Gasteiger partial charge on any atom is -0.384 e. The van der Waals surface area contributed by atoms with Crippen LogP contribution < -0.4 is 0 Å². The largest absolute Gasteiger partial charge is 0.384 e. The number of hydrogen-bond acceptors (Lipinski definition) is 1. The van der Waals surface area contributed by atoms with Gasteiger partial charge in [-0.1, -0.05) is 52.3 Å². The van der Waals surface area contributed by atoms with E-state index in [1.54, 1.807) is 0 Å². The van der Waals surface area contributed by atoms with Gasteiger partial charge in [0, 0.05) is 4.47 Å². The van der Waals surface area contributed by atoms with Crippen molar-refractivity contribution in [3.05, 3.63) is 69.2 Å². The van der Waals surface area contributed by atoms with E-state index in [4.69, 9.17) is 0 Å². The van der Waals surface area contributed by atoms with Gasteiger partial charge < -0.3 is 5.11 Å². The van der Waals surface area contributed by atoms with Crippen molar-refractivity contribution in [2.45, 2.75) is 44.6 Å². The molecular formula is C21H23BrO. The van der Waals surface area contributed by atoms with Crippen molar-refractivity contribution in [2.75, 3.05) is 0 Å². The first-order chi connectivity index (χ1) is 11.2. The van der Waals surface area contributed by atoms with Crippen molar-refractivity contribution >= 4 is 15.9 Å². The van der Waals surface area contributed by atoms with Crippen molar-refractivity contribution in [1.82, 2.24) is 0 Å². The third kappa shape index (κ3) is 3.87. The summed E-state index contributed by atoms with van der Waals surface area (Å²) in [5.41, 5.74) is 4.70. The van der Waals surface area contributed by atoms with Gasteiger partial charge >= 0.3 is 0 Å². The van der Waals surface area contributed by atoms with Gasteiger partial charge in [0.05, 0.1) is 0 Å². The highest BCUT2D eigenvalue weighted by Gasteiger charge is 2.23. The molecule has 0 heterocycles. The first kappa shape index (κ1) is 15.4. The van der Waals surface area contributed by atoms with Gasteiger partial charge in [-0.2, -0.15) is 0 Å². The van der Waals surface area contributed by atoms with Crippen LogP contribution in [-0.4, -0.2) is 5.11 Å². The van der Waals surface area contributed by atoms with E-state index < -0.39 is 6.10 Å². The maximum absolute atomic E-state index is 10.8. The molecule has 2 aliphatic carbocycles. The summed E-state index contributed by atoms with van der Waals surface area (Å²) in [6, 6.07) is 15.0. The first-order valence-electron chi connectivity index (χ1n) is 8.74. The molecule has 4 rings (SSSR count). The monoisotopic (exact) mass is 370 g/mol. The predicted octanol–water partition coefficient (Wildman–Crippen LogP) is 5.44. The summed E-state index contributed by atoms with van der Waals surface area (Å²) in [6.07, 6.45) is 7.26. The van der Waals surface area contributed by atoms with Crippen LogP contribution in [0, 0.1) is 11.8 Å². The van der Waals surface area contributed by atoms with E-state index in [-0.39, 0.29) is 0 Å². The Bertz CT molecular complexity index is 683. The fourth-order valence-electron chi connectivity index (χ4n) is 3.26. The molecule has 1 nitrogen and oxygen atoms in total. The van der Waals surface area contributed by atoms with Crippen LogP contribution in [0.25, 0.3) is 0 Å². The van der Waals surface area contributed by atoms with Crippen molar-refractivity contribution in [1.29, 1.82) is 0 Å². The molecule has 0 aliphatic heterocycles. The number of halogens is 1. The lowest BCUT2D eigenvalue weighted by molar-refractivity contribution is 0.219. The third-order valence-corrected chi connectivity index (χ3v) is 5.82. The van der Waals surface area contributed by atoms with Gasteiger partial charge in [-0.05, 0) is 78.7 Å². The Morgan fingerprint density at radius 1 is 0.870 bits per heavy atom. The number of aliphatic hydroxyl groups excluding tert-OH is 1. The van der Waals surface area contributed by atoms with E-state index in [1.165, 1.54) is 43.2 Å². The van der Waals surface area contributed by atoms with Crippen LogP contribution in [0.3, 0.4) is 0 Å². The van der Waals surface area contributed by atoms with Gasteiger partial charge in [0.25, 0.3) is 0 Å². The highest BCUT2D eigenvalue weighted by Crippen LogP contribution is 2.36. The Hall–Kier alpha value is -1.12. The molecule has 2 aliphatic rings. The van der Waals surface area contributed by atoms with Crippen molar-refractivity contribution in [3.8, 4) is 0 Å². The van der Waals surface area contributed by atoms with Gasteiger partial charge in [-0.3, -0.25) is 0 Å². The summed E-state index contributed by atoms with van der Waals surface area (Å²) in [4.78, 5) is 0. The zero-order valence-corrected chi connectivity index (χ0v) is 14.9. The number of rotatable bonds is 6. The van der Waals surface area contributed by atoms with Gasteiger partial charge in [0.1, 0.15) is 6.10 Å². The van der Waals surface area contributed by atoms with Crippen LogP contribution in [0.2, 0.25) is 0 Å². The van der Waals surface area contributed by atoms with Gasteiger partial charge in [0.2, 0.25) is 0 Å². The van der Waals surface area contributed by atoms with Gasteiger partial charge in [-0.15, -0.1) is 0 Å². The number of hydrogen-bond donors (Lipinski definition) is 1. The highest BCUT2D eigenvalue weighted by atomic mass is 79.9. The molecule has 2 saturated carbocycles. The van der Waals surface area contributed by atoms with Gasteiger partial charge in [0.15, 0.2) is 0 Å². The molecule has 1 unspecified atom stereocenters. The van der Waals surface area contributed by atoms with Crippen LogP contribution in [0.15, 0.2) is 46.9 Å². The normalized spacial score (nSPS) is 18.9. The standard InChI is InChI=1S/C21H23BrO/c22-20-10-7-17(12-15-3-4-15)13-19(20)21(23)18-8-5-16(6-9-18)11-14-1-2-14/h5-10,13-15,21,23H,1-4,11-12H2. The molecule has 0 radical (unpaired) electrons. The zero-order chi connectivity index (χ0) is 15.8. The fourth-order valence-corrected chi connectivity index (χ4v) is 3.72. The van der Waals surface area contributed by atoms with E-state index in [2.05, 4.69) is 58.4 Å². The van der Waals surface area contributed by atoms with E-state index in [9.17, 15) is 5.11 Å². The van der Waals surface area contributed by atoms with E-state index in [1.807, 2.05) is 0 Å². The molecule has 1 atom stereocenters. The van der Waals surface area contributed by atoms with Crippen molar-refractivity contribution < 1.29 is 5.11 Å². The fraction of sp³-hybridized carbons (Fsp3) is 0.429. The predicted molar refractivity (Wildman–Crippen MR) is 97.5 cm³/mol. The summed E-state index contributed by atoms with van der Waals surface area (Å²) in [6.45, 7) is 0. The molecule has 0 amide bonds. The average Bonchev–Trinajstić information content (AvgIpc) is 3.46. The molecule has 120 valence electrons. The zero-order valence-electron chi connectivity index (χ0n) is 13.3. The highest BCUT2D eigenvalue weighted by molar-refractivity contribution is 9.10. The smallest absolute Gasteiger partial charge is 0.105 e. The Labute approximate surface area is 146 Å². The molecule has 0 spiro atoms. The molecule has 2 heteroatoms. The molecule has 23 heavy (non-hydrogen) atoms. The van der Waals surface area contributed by atoms with Crippen LogP contribution >= 0.6 is 15.9 Å². The van der Waals surface area contributed by atoms with E-state index in [0.717, 1.165) is 33.9 Å². The second kappa shape index (κ2) is 6.41. The van der Waals surface area contributed by atoms with Crippen molar-refractivity contribution in [2.24, 2.45) is 11.8 Å². The Morgan fingerprint density at radius 2 is 1.43 bits per heavy atom. The Morgan fingerprint density at radius 3 is 2.04 bits per heavy atom. The molecule has 0 saturated heterocycles. The molecule has 2 aromatic rings. The second-order valence-corrected chi connectivity index (χ2v) is 8.15. The lowest BCUT2D eigenvalue weighted by atomic mass is 9.96. The summed E-state index contributed by atoms with van der Waals surface area (Å²) >= 11 is 3.61. The molecule has 2 aromatic carbocycles. The quantitative estimate of drug-likeness (QED) is 0.717.